The maximum Gasteiger partial charge on any atom is 0.306 e. The molecule has 4 heteroatoms. The van der Waals surface area contributed by atoms with Gasteiger partial charge in [0.25, 0.3) is 0 Å². The number of ether oxygens (including phenoxy) is 1. The van der Waals surface area contributed by atoms with Gasteiger partial charge in [0.1, 0.15) is 0 Å². The molecule has 0 heterocycles. The first-order valence-electron chi connectivity index (χ1n) is 5.67. The smallest absolute Gasteiger partial charge is 0.306 e. The number of benzene rings is 1. The molecular weight excluding hydrogens is 218 g/mol. The molecule has 17 heavy (non-hydrogen) atoms. The van der Waals surface area contributed by atoms with Gasteiger partial charge in [-0.3, -0.25) is 9.59 Å². The van der Waals surface area contributed by atoms with Gasteiger partial charge in [0.2, 0.25) is 0 Å². The zero-order chi connectivity index (χ0) is 12.7. The molecule has 2 N–H and O–H groups in total. The SMILES string of the molecule is CCCCC(=O)OC(C=O)c1cccc(N)c1. The lowest BCUT2D eigenvalue weighted by molar-refractivity contribution is -0.152. The van der Waals surface area contributed by atoms with Crippen molar-refractivity contribution in [3.8, 4) is 0 Å². The van der Waals surface area contributed by atoms with Crippen molar-refractivity contribution < 1.29 is 14.3 Å². The van der Waals surface area contributed by atoms with Crippen LogP contribution in [0.2, 0.25) is 0 Å². The number of carbonyl (C=O) groups excluding carboxylic acids is 2. The maximum atomic E-state index is 11.4. The van der Waals surface area contributed by atoms with Crippen LogP contribution in [0.4, 0.5) is 5.69 Å². The number of anilines is 1. The third-order valence-corrected chi connectivity index (χ3v) is 2.36. The van der Waals surface area contributed by atoms with Crippen molar-refractivity contribution in [2.75, 3.05) is 5.73 Å². The summed E-state index contributed by atoms with van der Waals surface area (Å²) in [5.41, 5.74) is 6.75. The van der Waals surface area contributed by atoms with Gasteiger partial charge >= 0.3 is 5.97 Å². The van der Waals surface area contributed by atoms with Crippen LogP contribution in [0.3, 0.4) is 0 Å². The molecule has 0 aliphatic heterocycles. The molecule has 1 unspecified atom stereocenters. The first kappa shape index (κ1) is 13.2. The lowest BCUT2D eigenvalue weighted by Gasteiger charge is -2.12. The Balaban J connectivity index is 2.65. The first-order chi connectivity index (χ1) is 8.17. The maximum absolute atomic E-state index is 11.4. The van der Waals surface area contributed by atoms with Crippen molar-refractivity contribution in [2.24, 2.45) is 0 Å². The molecule has 0 aliphatic rings. The number of aldehydes is 1. The molecule has 0 aliphatic carbocycles. The second-order valence-corrected chi connectivity index (χ2v) is 3.82. The normalized spacial score (nSPS) is 11.8. The van der Waals surface area contributed by atoms with Gasteiger partial charge in [-0.1, -0.05) is 25.5 Å². The van der Waals surface area contributed by atoms with E-state index < -0.39 is 6.10 Å². The van der Waals surface area contributed by atoms with E-state index in [1.54, 1.807) is 24.3 Å². The molecule has 1 aromatic carbocycles. The molecular formula is C13H17NO3. The fourth-order valence-electron chi connectivity index (χ4n) is 1.43. The Morgan fingerprint density at radius 1 is 1.53 bits per heavy atom. The number of hydrogen-bond donors (Lipinski definition) is 1. The molecule has 0 spiro atoms. The third-order valence-electron chi connectivity index (χ3n) is 2.36. The molecule has 0 aromatic heterocycles. The molecule has 1 aromatic rings. The molecule has 4 nitrogen and oxygen atoms in total. The van der Waals surface area contributed by atoms with Crippen molar-refractivity contribution in [1.29, 1.82) is 0 Å². The predicted octanol–water partition coefficient (Wildman–Crippen LogP) is 2.24. The number of carbonyl (C=O) groups is 2. The van der Waals surface area contributed by atoms with Gasteiger partial charge in [-0.15, -0.1) is 0 Å². The highest BCUT2D eigenvalue weighted by Gasteiger charge is 2.15. The Morgan fingerprint density at radius 3 is 2.88 bits per heavy atom. The molecule has 0 saturated heterocycles. The minimum absolute atomic E-state index is 0.336. The van der Waals surface area contributed by atoms with Gasteiger partial charge < -0.3 is 10.5 Å². The number of rotatable bonds is 6. The summed E-state index contributed by atoms with van der Waals surface area (Å²) in [6.45, 7) is 1.99. The lowest BCUT2D eigenvalue weighted by atomic mass is 10.1. The van der Waals surface area contributed by atoms with Gasteiger partial charge in [0.05, 0.1) is 0 Å². The van der Waals surface area contributed by atoms with Crippen molar-refractivity contribution >= 4 is 17.9 Å². The van der Waals surface area contributed by atoms with Crippen molar-refractivity contribution in [3.05, 3.63) is 29.8 Å². The number of nitrogen functional groups attached to an aromatic ring is 1. The fraction of sp³-hybridized carbons (Fsp3) is 0.385. The van der Waals surface area contributed by atoms with Crippen LogP contribution in [-0.4, -0.2) is 12.3 Å². The zero-order valence-electron chi connectivity index (χ0n) is 9.89. The van der Waals surface area contributed by atoms with Gasteiger partial charge in [-0.05, 0) is 18.6 Å². The molecule has 1 atom stereocenters. The predicted molar refractivity (Wildman–Crippen MR) is 65.3 cm³/mol. The van der Waals surface area contributed by atoms with Crippen molar-refractivity contribution in [2.45, 2.75) is 32.3 Å². The summed E-state index contributed by atoms with van der Waals surface area (Å²) in [6, 6.07) is 6.78. The molecule has 0 fully saturated rings. The Hall–Kier alpha value is -1.84. The Kier molecular flexibility index (Phi) is 5.20. The summed E-state index contributed by atoms with van der Waals surface area (Å²) in [5, 5.41) is 0. The summed E-state index contributed by atoms with van der Waals surface area (Å²) in [7, 11) is 0. The Bertz CT molecular complexity index is 390. The molecule has 1 rings (SSSR count). The van der Waals surface area contributed by atoms with E-state index in [1.807, 2.05) is 6.92 Å². The van der Waals surface area contributed by atoms with Gasteiger partial charge in [-0.25, -0.2) is 0 Å². The largest absolute Gasteiger partial charge is 0.450 e. The van der Waals surface area contributed by atoms with Crippen LogP contribution < -0.4 is 5.73 Å². The van der Waals surface area contributed by atoms with E-state index in [1.165, 1.54) is 0 Å². The number of nitrogens with two attached hydrogens (primary N) is 1. The highest BCUT2D eigenvalue weighted by molar-refractivity contribution is 5.73. The molecule has 0 saturated carbocycles. The van der Waals surface area contributed by atoms with Crippen molar-refractivity contribution in [1.82, 2.24) is 0 Å². The monoisotopic (exact) mass is 235 g/mol. The van der Waals surface area contributed by atoms with E-state index in [0.29, 0.717) is 24.0 Å². The fourth-order valence-corrected chi connectivity index (χ4v) is 1.43. The third kappa shape index (κ3) is 4.26. The summed E-state index contributed by atoms with van der Waals surface area (Å²) in [5.74, 6) is -0.355. The number of esters is 1. The topological polar surface area (TPSA) is 69.4 Å². The van der Waals surface area contributed by atoms with Gasteiger partial charge in [-0.2, -0.15) is 0 Å². The van der Waals surface area contributed by atoms with Crippen LogP contribution in [0, 0.1) is 0 Å². The molecule has 92 valence electrons. The van der Waals surface area contributed by atoms with Gasteiger partial charge in [0, 0.05) is 17.7 Å². The summed E-state index contributed by atoms with van der Waals surface area (Å²) in [4.78, 5) is 22.3. The second-order valence-electron chi connectivity index (χ2n) is 3.82. The average Bonchev–Trinajstić information content (AvgIpc) is 2.33. The van der Waals surface area contributed by atoms with Gasteiger partial charge in [0.15, 0.2) is 12.4 Å². The van der Waals surface area contributed by atoms with Crippen LogP contribution in [0.5, 0.6) is 0 Å². The Labute approximate surface area is 101 Å². The molecule has 0 radical (unpaired) electrons. The van der Waals surface area contributed by atoms with E-state index in [2.05, 4.69) is 0 Å². The average molecular weight is 235 g/mol. The highest BCUT2D eigenvalue weighted by atomic mass is 16.5. The van der Waals surface area contributed by atoms with E-state index in [-0.39, 0.29) is 5.97 Å². The highest BCUT2D eigenvalue weighted by Crippen LogP contribution is 2.18. The minimum atomic E-state index is -0.858. The van der Waals surface area contributed by atoms with Crippen LogP contribution in [0.25, 0.3) is 0 Å². The quantitative estimate of drug-likeness (QED) is 0.466. The first-order valence-corrected chi connectivity index (χ1v) is 5.67. The van der Waals surface area contributed by atoms with Crippen molar-refractivity contribution in [3.63, 3.8) is 0 Å². The number of unbranched alkanes of at least 4 members (excludes halogenated alkanes) is 1. The van der Waals surface area contributed by atoms with Crippen LogP contribution in [-0.2, 0) is 14.3 Å². The minimum Gasteiger partial charge on any atom is -0.450 e. The summed E-state index contributed by atoms with van der Waals surface area (Å²) >= 11 is 0. The van der Waals surface area contributed by atoms with Crippen LogP contribution in [0.1, 0.15) is 37.9 Å². The van der Waals surface area contributed by atoms with Crippen LogP contribution in [0.15, 0.2) is 24.3 Å². The van der Waals surface area contributed by atoms with E-state index >= 15 is 0 Å². The standard InChI is InChI=1S/C13H17NO3/c1-2-3-7-13(16)17-12(9-15)10-5-4-6-11(14)8-10/h4-6,8-9,12H,2-3,7,14H2,1H3. The second kappa shape index (κ2) is 6.68. The van der Waals surface area contributed by atoms with E-state index in [4.69, 9.17) is 10.5 Å². The summed E-state index contributed by atoms with van der Waals surface area (Å²) < 4.78 is 5.08. The summed E-state index contributed by atoms with van der Waals surface area (Å²) in [6.07, 6.45) is 1.77. The molecule has 0 amide bonds. The Morgan fingerprint density at radius 2 is 2.29 bits per heavy atom. The zero-order valence-corrected chi connectivity index (χ0v) is 9.89. The number of hydrogen-bond acceptors (Lipinski definition) is 4. The molecule has 0 bridgehead atoms. The van der Waals surface area contributed by atoms with E-state index in [9.17, 15) is 9.59 Å². The van der Waals surface area contributed by atoms with E-state index in [0.717, 1.165) is 12.8 Å². The lowest BCUT2D eigenvalue weighted by Crippen LogP contribution is -2.12. The van der Waals surface area contributed by atoms with Crippen LogP contribution >= 0.6 is 0 Å².